The Hall–Kier alpha value is -1.67. The summed E-state index contributed by atoms with van der Waals surface area (Å²) >= 11 is 8.90. The van der Waals surface area contributed by atoms with Crippen LogP contribution < -0.4 is 24.8 Å². The molecule has 9 heteroatoms. The number of halogens is 2. The van der Waals surface area contributed by atoms with Crippen LogP contribution >= 0.6 is 27.5 Å². The highest BCUT2D eigenvalue weighted by molar-refractivity contribution is 9.10. The molecule has 1 aliphatic rings. The highest BCUT2D eigenvalue weighted by Crippen LogP contribution is 2.49. The molecular formula is C15H18BrClN2O5. The summed E-state index contributed by atoms with van der Waals surface area (Å²) < 4.78 is 16.0. The third kappa shape index (κ3) is 3.25. The fourth-order valence-electron chi connectivity index (χ4n) is 2.63. The van der Waals surface area contributed by atoms with Gasteiger partial charge in [0.1, 0.15) is 4.83 Å². The molecule has 132 valence electrons. The van der Waals surface area contributed by atoms with E-state index in [9.17, 15) is 9.59 Å². The second-order valence-electron chi connectivity index (χ2n) is 4.94. The Morgan fingerprint density at radius 3 is 2.46 bits per heavy atom. The van der Waals surface area contributed by atoms with E-state index in [1.807, 2.05) is 0 Å². The number of fused-ring (bicyclic) bond motifs is 1. The number of benzene rings is 1. The van der Waals surface area contributed by atoms with Crippen molar-refractivity contribution in [3.05, 3.63) is 17.2 Å². The Bertz CT molecular complexity index is 655. The highest BCUT2D eigenvalue weighted by Gasteiger charge is 2.43. The number of hydrogen-bond donors (Lipinski definition) is 2. The zero-order valence-corrected chi connectivity index (χ0v) is 15.8. The molecule has 1 aromatic rings. The van der Waals surface area contributed by atoms with Crippen molar-refractivity contribution in [2.75, 3.05) is 33.8 Å². The van der Waals surface area contributed by atoms with Gasteiger partial charge in [-0.15, -0.1) is 11.6 Å². The molecule has 0 saturated carbocycles. The molecule has 7 nitrogen and oxygen atoms in total. The summed E-state index contributed by atoms with van der Waals surface area (Å²) in [7, 11) is 4.40. The number of ketones is 1. The van der Waals surface area contributed by atoms with E-state index < -0.39 is 16.9 Å². The van der Waals surface area contributed by atoms with Crippen LogP contribution in [-0.2, 0) is 0 Å². The smallest absolute Gasteiger partial charge is 0.315 e. The van der Waals surface area contributed by atoms with Crippen LogP contribution in [0.1, 0.15) is 22.0 Å². The molecule has 0 heterocycles. The van der Waals surface area contributed by atoms with Crippen molar-refractivity contribution in [1.82, 2.24) is 10.6 Å². The lowest BCUT2D eigenvalue weighted by Crippen LogP contribution is -2.41. The van der Waals surface area contributed by atoms with Crippen LogP contribution in [0.2, 0.25) is 0 Å². The summed E-state index contributed by atoms with van der Waals surface area (Å²) in [5, 5.41) is 5.37. The average molecular weight is 422 g/mol. The predicted octanol–water partition coefficient (Wildman–Crippen LogP) is 2.25. The Labute approximate surface area is 153 Å². The van der Waals surface area contributed by atoms with E-state index >= 15 is 0 Å². The van der Waals surface area contributed by atoms with Crippen LogP contribution in [0.3, 0.4) is 0 Å². The van der Waals surface area contributed by atoms with Crippen molar-refractivity contribution in [3.8, 4) is 17.2 Å². The molecule has 1 aliphatic carbocycles. The standard InChI is InChI=1S/C15H18BrClN2O5/c1-22-8-6-7-9(14(24-3)13(8)23-2)12(20)10(16)11(7)19-15(21)18-5-4-17/h6,10-11H,4-5H2,1-3H3,(H2,18,19,21)/t10-,11+/m1/s1. The molecule has 0 unspecified atom stereocenters. The zero-order chi connectivity index (χ0) is 17.9. The molecule has 0 spiro atoms. The van der Waals surface area contributed by atoms with E-state index in [4.69, 9.17) is 25.8 Å². The van der Waals surface area contributed by atoms with E-state index in [-0.39, 0.29) is 11.5 Å². The minimum absolute atomic E-state index is 0.203. The van der Waals surface area contributed by atoms with Gasteiger partial charge in [0.05, 0.1) is 32.9 Å². The van der Waals surface area contributed by atoms with Gasteiger partial charge in [0, 0.05) is 12.4 Å². The lowest BCUT2D eigenvalue weighted by atomic mass is 10.1. The number of ether oxygens (including phenoxy) is 3. The summed E-state index contributed by atoms with van der Waals surface area (Å²) in [4.78, 5) is 24.0. The number of urea groups is 1. The predicted molar refractivity (Wildman–Crippen MR) is 93.1 cm³/mol. The first kappa shape index (κ1) is 18.7. The molecule has 0 aromatic heterocycles. The molecule has 1 aromatic carbocycles. The minimum Gasteiger partial charge on any atom is -0.493 e. The minimum atomic E-state index is -0.625. The first-order valence-corrected chi connectivity index (χ1v) is 8.56. The van der Waals surface area contributed by atoms with Crippen LogP contribution in [0, 0.1) is 0 Å². The lowest BCUT2D eigenvalue weighted by Gasteiger charge is -2.19. The van der Waals surface area contributed by atoms with Crippen molar-refractivity contribution in [2.45, 2.75) is 10.9 Å². The van der Waals surface area contributed by atoms with Gasteiger partial charge in [-0.05, 0) is 11.6 Å². The van der Waals surface area contributed by atoms with Crippen LogP contribution in [-0.4, -0.2) is 50.4 Å². The van der Waals surface area contributed by atoms with Gasteiger partial charge in [0.15, 0.2) is 17.3 Å². The summed E-state index contributed by atoms with van der Waals surface area (Å²) in [6.07, 6.45) is 0. The summed E-state index contributed by atoms with van der Waals surface area (Å²) in [6, 6.07) is 0.679. The number of nitrogens with one attached hydrogen (secondary N) is 2. The Balaban J connectivity index is 2.47. The van der Waals surface area contributed by atoms with Crippen molar-refractivity contribution in [2.24, 2.45) is 0 Å². The van der Waals surface area contributed by atoms with Crippen molar-refractivity contribution >= 4 is 39.3 Å². The molecule has 0 aliphatic heterocycles. The van der Waals surface area contributed by atoms with Crippen molar-refractivity contribution < 1.29 is 23.8 Å². The fraction of sp³-hybridized carbons (Fsp3) is 0.467. The molecule has 2 N–H and O–H groups in total. The maximum Gasteiger partial charge on any atom is 0.315 e. The van der Waals surface area contributed by atoms with Gasteiger partial charge < -0.3 is 24.8 Å². The van der Waals surface area contributed by atoms with Gasteiger partial charge in [-0.3, -0.25) is 4.79 Å². The van der Waals surface area contributed by atoms with Gasteiger partial charge in [0.2, 0.25) is 5.75 Å². The molecule has 0 saturated heterocycles. The van der Waals surface area contributed by atoms with Gasteiger partial charge in [0.25, 0.3) is 0 Å². The summed E-state index contributed by atoms with van der Waals surface area (Å²) in [6.45, 7) is 0.323. The monoisotopic (exact) mass is 420 g/mol. The third-order valence-corrected chi connectivity index (χ3v) is 4.79. The first-order chi connectivity index (χ1) is 11.5. The molecule has 0 bridgehead atoms. The molecule has 2 rings (SSSR count). The molecule has 24 heavy (non-hydrogen) atoms. The number of rotatable bonds is 6. The van der Waals surface area contributed by atoms with E-state index in [0.29, 0.717) is 35.1 Å². The number of amides is 2. The maximum atomic E-state index is 12.6. The van der Waals surface area contributed by atoms with Crippen molar-refractivity contribution in [1.29, 1.82) is 0 Å². The zero-order valence-electron chi connectivity index (χ0n) is 13.4. The Morgan fingerprint density at radius 1 is 1.25 bits per heavy atom. The number of carbonyl (C=O) groups is 2. The van der Waals surface area contributed by atoms with E-state index in [1.54, 1.807) is 6.07 Å². The van der Waals surface area contributed by atoms with Gasteiger partial charge in [-0.1, -0.05) is 15.9 Å². The molecule has 2 atom stereocenters. The van der Waals surface area contributed by atoms with Crippen molar-refractivity contribution in [3.63, 3.8) is 0 Å². The summed E-state index contributed by atoms with van der Waals surface area (Å²) in [5.74, 6) is 1.12. The number of hydrogen-bond acceptors (Lipinski definition) is 5. The topological polar surface area (TPSA) is 85.9 Å². The number of carbonyl (C=O) groups excluding carboxylic acids is 2. The molecule has 0 radical (unpaired) electrons. The highest BCUT2D eigenvalue weighted by atomic mass is 79.9. The third-order valence-electron chi connectivity index (χ3n) is 3.65. The quantitative estimate of drug-likeness (QED) is 0.688. The second-order valence-corrected chi connectivity index (χ2v) is 6.31. The Kier molecular flexibility index (Phi) is 6.17. The SMILES string of the molecule is COc1cc2c(c(OC)c1OC)C(=O)[C@H](Br)[C@H]2NC(=O)NCCCl. The normalized spacial score (nSPS) is 18.8. The van der Waals surface area contributed by atoms with Crippen LogP contribution in [0.25, 0.3) is 0 Å². The van der Waals surface area contributed by atoms with Gasteiger partial charge in [-0.2, -0.15) is 0 Å². The average Bonchev–Trinajstić information content (AvgIpc) is 2.82. The maximum absolute atomic E-state index is 12.6. The largest absolute Gasteiger partial charge is 0.493 e. The molecule has 2 amide bonds. The number of Topliss-reactive ketones (excluding diaryl/α,β-unsaturated/α-hetero) is 1. The number of methoxy groups -OCH3 is 3. The van der Waals surface area contributed by atoms with Crippen LogP contribution in [0.15, 0.2) is 6.07 Å². The Morgan fingerprint density at radius 2 is 1.92 bits per heavy atom. The molecular weight excluding hydrogens is 404 g/mol. The summed E-state index contributed by atoms with van der Waals surface area (Å²) in [5.41, 5.74) is 0.956. The first-order valence-electron chi connectivity index (χ1n) is 7.11. The van der Waals surface area contributed by atoms with E-state index in [2.05, 4.69) is 26.6 Å². The van der Waals surface area contributed by atoms with Gasteiger partial charge >= 0.3 is 6.03 Å². The molecule has 0 fully saturated rings. The van der Waals surface area contributed by atoms with Gasteiger partial charge in [-0.25, -0.2) is 4.79 Å². The second kappa shape index (κ2) is 7.94. The van der Waals surface area contributed by atoms with Crippen LogP contribution in [0.4, 0.5) is 4.79 Å². The lowest BCUT2D eigenvalue weighted by molar-refractivity contribution is 0.0992. The van der Waals surface area contributed by atoms with E-state index in [0.717, 1.165) is 0 Å². The number of alkyl halides is 2. The van der Waals surface area contributed by atoms with E-state index in [1.165, 1.54) is 21.3 Å². The van der Waals surface area contributed by atoms with Crippen LogP contribution in [0.5, 0.6) is 17.2 Å². The fourth-order valence-corrected chi connectivity index (χ4v) is 3.37.